The fraction of sp³-hybridized carbons (Fsp3) is 0.421. The SMILES string of the molecule is C=CCC[C@H]1C(=O)C[C@@H](O)[C@@H]1/C=C/[C@@H](O)COc1ccccc1. The molecule has 4 atom stereocenters. The molecule has 0 bridgehead atoms. The number of ketones is 1. The van der Waals surface area contributed by atoms with Crippen LogP contribution in [0.2, 0.25) is 0 Å². The minimum Gasteiger partial charge on any atom is -0.491 e. The average Bonchev–Trinajstić information content (AvgIpc) is 2.83. The van der Waals surface area contributed by atoms with Crippen LogP contribution < -0.4 is 4.74 Å². The minimum absolute atomic E-state index is 0.0871. The van der Waals surface area contributed by atoms with Crippen molar-refractivity contribution in [1.29, 1.82) is 0 Å². The summed E-state index contributed by atoms with van der Waals surface area (Å²) in [6.07, 6.45) is 5.31. The van der Waals surface area contributed by atoms with Crippen LogP contribution in [0.4, 0.5) is 0 Å². The fourth-order valence-electron chi connectivity index (χ4n) is 2.90. The molecular formula is C19H24O4. The molecule has 1 aliphatic rings. The van der Waals surface area contributed by atoms with Gasteiger partial charge in [-0.15, -0.1) is 6.58 Å². The lowest BCUT2D eigenvalue weighted by Gasteiger charge is -2.17. The van der Waals surface area contributed by atoms with Crippen LogP contribution >= 0.6 is 0 Å². The van der Waals surface area contributed by atoms with Crippen molar-refractivity contribution in [2.75, 3.05) is 6.61 Å². The number of benzene rings is 1. The number of aliphatic hydroxyl groups is 2. The van der Waals surface area contributed by atoms with Crippen LogP contribution in [0.25, 0.3) is 0 Å². The molecule has 0 radical (unpaired) electrons. The number of aliphatic hydroxyl groups excluding tert-OH is 2. The second-order valence-electron chi connectivity index (χ2n) is 5.86. The van der Waals surface area contributed by atoms with Crippen molar-refractivity contribution in [2.24, 2.45) is 11.8 Å². The first-order valence-corrected chi connectivity index (χ1v) is 7.97. The zero-order valence-corrected chi connectivity index (χ0v) is 13.2. The first kappa shape index (κ1) is 17.4. The Morgan fingerprint density at radius 2 is 2.09 bits per heavy atom. The summed E-state index contributed by atoms with van der Waals surface area (Å²) in [5, 5.41) is 20.0. The maximum atomic E-state index is 11.9. The quantitative estimate of drug-likeness (QED) is 0.723. The Morgan fingerprint density at radius 3 is 2.78 bits per heavy atom. The molecular weight excluding hydrogens is 292 g/mol. The van der Waals surface area contributed by atoms with Crippen molar-refractivity contribution in [3.63, 3.8) is 0 Å². The van der Waals surface area contributed by atoms with E-state index < -0.39 is 12.2 Å². The zero-order valence-electron chi connectivity index (χ0n) is 13.2. The highest BCUT2D eigenvalue weighted by molar-refractivity contribution is 5.84. The number of ether oxygens (including phenoxy) is 1. The number of Topliss-reactive ketones (excluding diaryl/α,β-unsaturated/α-hetero) is 1. The van der Waals surface area contributed by atoms with E-state index in [9.17, 15) is 15.0 Å². The molecule has 0 heterocycles. The molecule has 2 rings (SSSR count). The Morgan fingerprint density at radius 1 is 1.35 bits per heavy atom. The van der Waals surface area contributed by atoms with Gasteiger partial charge in [0.15, 0.2) is 0 Å². The van der Waals surface area contributed by atoms with E-state index in [4.69, 9.17) is 4.74 Å². The normalized spacial score (nSPS) is 25.7. The average molecular weight is 316 g/mol. The van der Waals surface area contributed by atoms with E-state index in [1.165, 1.54) is 0 Å². The number of allylic oxidation sites excluding steroid dienone is 1. The van der Waals surface area contributed by atoms with E-state index in [2.05, 4.69) is 6.58 Å². The number of carbonyl (C=O) groups excluding carboxylic acids is 1. The van der Waals surface area contributed by atoms with Crippen molar-refractivity contribution < 1.29 is 19.7 Å². The van der Waals surface area contributed by atoms with Crippen LogP contribution in [-0.4, -0.2) is 34.8 Å². The first-order chi connectivity index (χ1) is 11.1. The molecule has 2 N–H and O–H groups in total. The van der Waals surface area contributed by atoms with Gasteiger partial charge in [-0.3, -0.25) is 4.79 Å². The number of para-hydroxylation sites is 1. The molecule has 0 aliphatic heterocycles. The zero-order chi connectivity index (χ0) is 16.7. The van der Waals surface area contributed by atoms with Gasteiger partial charge in [0.1, 0.15) is 24.2 Å². The summed E-state index contributed by atoms with van der Waals surface area (Å²) in [6.45, 7) is 3.80. The van der Waals surface area contributed by atoms with Gasteiger partial charge < -0.3 is 14.9 Å². The molecule has 4 heteroatoms. The summed E-state index contributed by atoms with van der Waals surface area (Å²) >= 11 is 0. The van der Waals surface area contributed by atoms with Crippen LogP contribution in [0.15, 0.2) is 55.1 Å². The molecule has 1 saturated carbocycles. The first-order valence-electron chi connectivity index (χ1n) is 7.97. The third kappa shape index (κ3) is 5.05. The largest absolute Gasteiger partial charge is 0.491 e. The van der Waals surface area contributed by atoms with Gasteiger partial charge in [-0.2, -0.15) is 0 Å². The third-order valence-corrected chi connectivity index (χ3v) is 4.13. The molecule has 1 aromatic rings. The van der Waals surface area contributed by atoms with Crippen molar-refractivity contribution in [3.05, 3.63) is 55.1 Å². The minimum atomic E-state index is -0.779. The molecule has 1 aromatic carbocycles. The van der Waals surface area contributed by atoms with E-state index in [0.717, 1.165) is 6.42 Å². The van der Waals surface area contributed by atoms with Gasteiger partial charge in [-0.25, -0.2) is 0 Å². The number of rotatable bonds is 8. The highest BCUT2D eigenvalue weighted by Crippen LogP contribution is 2.33. The summed E-state index contributed by atoms with van der Waals surface area (Å²) in [5.41, 5.74) is 0. The maximum Gasteiger partial charge on any atom is 0.139 e. The van der Waals surface area contributed by atoms with Crippen molar-refractivity contribution in [2.45, 2.75) is 31.5 Å². The molecule has 0 saturated heterocycles. The molecule has 1 fully saturated rings. The van der Waals surface area contributed by atoms with E-state index in [1.54, 1.807) is 18.2 Å². The Hall–Kier alpha value is -1.91. The molecule has 4 nitrogen and oxygen atoms in total. The maximum absolute atomic E-state index is 11.9. The van der Waals surface area contributed by atoms with Gasteiger partial charge in [0.2, 0.25) is 0 Å². The molecule has 1 aliphatic carbocycles. The van der Waals surface area contributed by atoms with E-state index >= 15 is 0 Å². The van der Waals surface area contributed by atoms with E-state index in [0.29, 0.717) is 12.2 Å². The van der Waals surface area contributed by atoms with Gasteiger partial charge in [0, 0.05) is 18.3 Å². The number of carbonyl (C=O) groups is 1. The van der Waals surface area contributed by atoms with Gasteiger partial charge >= 0.3 is 0 Å². The van der Waals surface area contributed by atoms with Crippen molar-refractivity contribution >= 4 is 5.78 Å². The second kappa shape index (κ2) is 8.65. The molecule has 124 valence electrons. The van der Waals surface area contributed by atoms with Crippen molar-refractivity contribution in [3.8, 4) is 5.75 Å². The van der Waals surface area contributed by atoms with Crippen LogP contribution in [0, 0.1) is 11.8 Å². The lowest BCUT2D eigenvalue weighted by atomic mass is 9.89. The highest BCUT2D eigenvalue weighted by Gasteiger charge is 2.39. The van der Waals surface area contributed by atoms with Crippen LogP contribution in [0.3, 0.4) is 0 Å². The van der Waals surface area contributed by atoms with Crippen LogP contribution in [0.1, 0.15) is 19.3 Å². The van der Waals surface area contributed by atoms with Crippen LogP contribution in [0.5, 0.6) is 5.75 Å². The molecule has 0 amide bonds. The second-order valence-corrected chi connectivity index (χ2v) is 5.86. The van der Waals surface area contributed by atoms with Gasteiger partial charge in [0.05, 0.1) is 6.10 Å². The Balaban J connectivity index is 1.88. The van der Waals surface area contributed by atoms with Crippen LogP contribution in [-0.2, 0) is 4.79 Å². The standard InChI is InChI=1S/C19H24O4/c1-2-3-9-16-17(19(22)12-18(16)21)11-10-14(20)13-23-15-7-5-4-6-8-15/h2,4-8,10-11,14,16-17,19-20,22H,1,3,9,12-13H2/b11-10+/t14-,16-,17-,19-/m1/s1. The lowest BCUT2D eigenvalue weighted by molar-refractivity contribution is -0.121. The molecule has 0 aromatic heterocycles. The summed E-state index contributed by atoms with van der Waals surface area (Å²) in [5.74, 6) is 0.347. The third-order valence-electron chi connectivity index (χ3n) is 4.13. The number of hydrogen-bond donors (Lipinski definition) is 2. The summed E-state index contributed by atoms with van der Waals surface area (Å²) in [4.78, 5) is 11.9. The highest BCUT2D eigenvalue weighted by atomic mass is 16.5. The Bertz CT molecular complexity index is 538. The smallest absolute Gasteiger partial charge is 0.139 e. The fourth-order valence-corrected chi connectivity index (χ4v) is 2.90. The van der Waals surface area contributed by atoms with Gasteiger partial charge in [0.25, 0.3) is 0 Å². The predicted molar refractivity (Wildman–Crippen MR) is 89.1 cm³/mol. The van der Waals surface area contributed by atoms with Gasteiger partial charge in [-0.05, 0) is 25.0 Å². The van der Waals surface area contributed by atoms with E-state index in [1.807, 2.05) is 30.3 Å². The van der Waals surface area contributed by atoms with E-state index in [-0.39, 0.29) is 30.6 Å². The molecule has 23 heavy (non-hydrogen) atoms. The topological polar surface area (TPSA) is 66.8 Å². The lowest BCUT2D eigenvalue weighted by Crippen LogP contribution is -2.20. The summed E-state index contributed by atoms with van der Waals surface area (Å²) in [7, 11) is 0. The van der Waals surface area contributed by atoms with Crippen molar-refractivity contribution in [1.82, 2.24) is 0 Å². The number of hydrogen-bond acceptors (Lipinski definition) is 4. The predicted octanol–water partition coefficient (Wildman–Crippen LogP) is 2.51. The monoisotopic (exact) mass is 316 g/mol. The van der Waals surface area contributed by atoms with Gasteiger partial charge in [-0.1, -0.05) is 36.4 Å². The molecule has 0 spiro atoms. The summed E-state index contributed by atoms with van der Waals surface area (Å²) < 4.78 is 5.48. The summed E-state index contributed by atoms with van der Waals surface area (Å²) in [6, 6.07) is 9.26. The Labute approximate surface area is 137 Å². The Kier molecular flexibility index (Phi) is 6.56. The molecule has 0 unspecified atom stereocenters.